The molecule has 0 aliphatic heterocycles. The highest BCUT2D eigenvalue weighted by molar-refractivity contribution is 5.19. The maximum Gasteiger partial charge on any atom is 0.123 e. The third-order valence-corrected chi connectivity index (χ3v) is 3.08. The van der Waals surface area contributed by atoms with E-state index in [1.165, 1.54) is 17.7 Å². The average Bonchev–Trinajstić information content (AvgIpc) is 2.40. The fourth-order valence-electron chi connectivity index (χ4n) is 1.95. The molecule has 0 bridgehead atoms. The highest BCUT2D eigenvalue weighted by Crippen LogP contribution is 2.12. The van der Waals surface area contributed by atoms with Gasteiger partial charge in [0.25, 0.3) is 0 Å². The highest BCUT2D eigenvalue weighted by atomic mass is 19.1. The molecule has 0 heterocycles. The summed E-state index contributed by atoms with van der Waals surface area (Å²) in [5.74, 6) is -0.185. The van der Waals surface area contributed by atoms with Gasteiger partial charge in [0.15, 0.2) is 0 Å². The zero-order valence-electron chi connectivity index (χ0n) is 10.6. The van der Waals surface area contributed by atoms with Gasteiger partial charge in [0.2, 0.25) is 0 Å². The standard InChI is InChI=1S/C16H18FN/c1-13(15-7-9-16(17)10-8-15)18-12-11-14-5-3-2-4-6-14/h2-10,13,18H,11-12H2,1H3/t13-/m0/s1. The molecule has 0 aliphatic rings. The molecule has 0 aromatic heterocycles. The van der Waals surface area contributed by atoms with Crippen molar-refractivity contribution in [1.82, 2.24) is 5.32 Å². The quantitative estimate of drug-likeness (QED) is 0.844. The van der Waals surface area contributed by atoms with Crippen LogP contribution in [0.3, 0.4) is 0 Å². The van der Waals surface area contributed by atoms with E-state index in [1.54, 1.807) is 0 Å². The second kappa shape index (κ2) is 6.31. The van der Waals surface area contributed by atoms with Gasteiger partial charge in [0.1, 0.15) is 5.82 Å². The van der Waals surface area contributed by atoms with Crippen molar-refractivity contribution in [2.24, 2.45) is 0 Å². The number of nitrogens with one attached hydrogen (secondary N) is 1. The lowest BCUT2D eigenvalue weighted by Gasteiger charge is -2.14. The monoisotopic (exact) mass is 243 g/mol. The summed E-state index contributed by atoms with van der Waals surface area (Å²) in [5, 5.41) is 3.44. The van der Waals surface area contributed by atoms with Crippen molar-refractivity contribution < 1.29 is 4.39 Å². The van der Waals surface area contributed by atoms with Gasteiger partial charge in [-0.05, 0) is 43.1 Å². The molecule has 0 spiro atoms. The van der Waals surface area contributed by atoms with Gasteiger partial charge in [-0.15, -0.1) is 0 Å². The molecule has 2 aromatic carbocycles. The van der Waals surface area contributed by atoms with Gasteiger partial charge in [-0.1, -0.05) is 42.5 Å². The van der Waals surface area contributed by atoms with Crippen LogP contribution >= 0.6 is 0 Å². The number of halogens is 1. The number of benzene rings is 2. The topological polar surface area (TPSA) is 12.0 Å². The first kappa shape index (κ1) is 12.8. The molecule has 2 aromatic rings. The summed E-state index contributed by atoms with van der Waals surface area (Å²) in [6.45, 7) is 3.01. The second-order valence-corrected chi connectivity index (χ2v) is 4.46. The van der Waals surface area contributed by atoms with E-state index < -0.39 is 0 Å². The van der Waals surface area contributed by atoms with Crippen LogP contribution in [0, 0.1) is 5.82 Å². The van der Waals surface area contributed by atoms with E-state index >= 15 is 0 Å². The van der Waals surface area contributed by atoms with Crippen molar-refractivity contribution in [1.29, 1.82) is 0 Å². The number of hydrogen-bond donors (Lipinski definition) is 1. The SMILES string of the molecule is C[C@H](NCCc1ccccc1)c1ccc(F)cc1. The maximum atomic E-state index is 12.8. The first-order chi connectivity index (χ1) is 8.75. The Labute approximate surface area is 108 Å². The molecule has 2 heteroatoms. The van der Waals surface area contributed by atoms with E-state index in [-0.39, 0.29) is 11.9 Å². The Morgan fingerprint density at radius 2 is 1.67 bits per heavy atom. The second-order valence-electron chi connectivity index (χ2n) is 4.46. The van der Waals surface area contributed by atoms with Crippen molar-refractivity contribution in [3.63, 3.8) is 0 Å². The molecule has 0 saturated heterocycles. The van der Waals surface area contributed by atoms with Crippen molar-refractivity contribution in [2.75, 3.05) is 6.54 Å². The Morgan fingerprint density at radius 3 is 2.33 bits per heavy atom. The van der Waals surface area contributed by atoms with Crippen molar-refractivity contribution in [3.8, 4) is 0 Å². The van der Waals surface area contributed by atoms with Crippen LogP contribution in [0.2, 0.25) is 0 Å². The van der Waals surface area contributed by atoms with Crippen LogP contribution in [0.15, 0.2) is 54.6 Å². The van der Waals surface area contributed by atoms with Crippen LogP contribution in [0.5, 0.6) is 0 Å². The molecular formula is C16H18FN. The van der Waals surface area contributed by atoms with E-state index in [0.717, 1.165) is 18.5 Å². The molecule has 18 heavy (non-hydrogen) atoms. The molecule has 0 unspecified atom stereocenters. The molecular weight excluding hydrogens is 225 g/mol. The smallest absolute Gasteiger partial charge is 0.123 e. The third-order valence-electron chi connectivity index (χ3n) is 3.08. The average molecular weight is 243 g/mol. The molecule has 0 aliphatic carbocycles. The lowest BCUT2D eigenvalue weighted by atomic mass is 10.1. The van der Waals surface area contributed by atoms with Crippen molar-refractivity contribution >= 4 is 0 Å². The van der Waals surface area contributed by atoms with E-state index in [0.29, 0.717) is 0 Å². The van der Waals surface area contributed by atoms with Crippen LogP contribution in [0.25, 0.3) is 0 Å². The van der Waals surface area contributed by atoms with Gasteiger partial charge in [0, 0.05) is 6.04 Å². The summed E-state index contributed by atoms with van der Waals surface area (Å²) in [7, 11) is 0. The number of hydrogen-bond acceptors (Lipinski definition) is 1. The Morgan fingerprint density at radius 1 is 1.00 bits per heavy atom. The summed E-state index contributed by atoms with van der Waals surface area (Å²) in [4.78, 5) is 0. The van der Waals surface area contributed by atoms with E-state index in [4.69, 9.17) is 0 Å². The van der Waals surface area contributed by atoms with Crippen LogP contribution in [-0.2, 0) is 6.42 Å². The number of rotatable bonds is 5. The third kappa shape index (κ3) is 3.67. The fourth-order valence-corrected chi connectivity index (χ4v) is 1.95. The first-order valence-corrected chi connectivity index (χ1v) is 6.28. The van der Waals surface area contributed by atoms with Gasteiger partial charge >= 0.3 is 0 Å². The molecule has 2 rings (SSSR count). The predicted octanol–water partition coefficient (Wildman–Crippen LogP) is 3.72. The largest absolute Gasteiger partial charge is 0.310 e. The van der Waals surface area contributed by atoms with Crippen LogP contribution < -0.4 is 5.32 Å². The van der Waals surface area contributed by atoms with Gasteiger partial charge in [-0.3, -0.25) is 0 Å². The maximum absolute atomic E-state index is 12.8. The molecule has 0 radical (unpaired) electrons. The highest BCUT2D eigenvalue weighted by Gasteiger charge is 2.04. The van der Waals surface area contributed by atoms with Gasteiger partial charge in [0.05, 0.1) is 0 Å². The summed E-state index contributed by atoms with van der Waals surface area (Å²) in [6.07, 6.45) is 1.01. The van der Waals surface area contributed by atoms with Crippen molar-refractivity contribution in [3.05, 3.63) is 71.5 Å². The first-order valence-electron chi connectivity index (χ1n) is 6.28. The zero-order chi connectivity index (χ0) is 12.8. The van der Waals surface area contributed by atoms with E-state index in [2.05, 4.69) is 36.5 Å². The van der Waals surface area contributed by atoms with Crippen molar-refractivity contribution in [2.45, 2.75) is 19.4 Å². The summed E-state index contributed by atoms with van der Waals surface area (Å²) < 4.78 is 12.8. The molecule has 0 saturated carbocycles. The Hall–Kier alpha value is -1.67. The lowest BCUT2D eigenvalue weighted by Crippen LogP contribution is -2.21. The summed E-state index contributed by atoms with van der Waals surface area (Å²) in [5.41, 5.74) is 2.45. The molecule has 1 atom stereocenters. The van der Waals surface area contributed by atoms with Gasteiger partial charge in [-0.2, -0.15) is 0 Å². The van der Waals surface area contributed by atoms with Crippen LogP contribution in [-0.4, -0.2) is 6.54 Å². The van der Waals surface area contributed by atoms with Crippen LogP contribution in [0.1, 0.15) is 24.1 Å². The Kier molecular flexibility index (Phi) is 4.48. The molecule has 0 amide bonds. The fraction of sp³-hybridized carbons (Fsp3) is 0.250. The minimum absolute atomic E-state index is 0.185. The zero-order valence-corrected chi connectivity index (χ0v) is 10.6. The summed E-state index contributed by atoms with van der Waals surface area (Å²) in [6, 6.07) is 17.3. The normalized spacial score (nSPS) is 12.3. The Bertz CT molecular complexity index is 464. The molecule has 0 fully saturated rings. The van der Waals surface area contributed by atoms with E-state index in [9.17, 15) is 4.39 Å². The minimum Gasteiger partial charge on any atom is -0.310 e. The molecule has 1 nitrogen and oxygen atoms in total. The van der Waals surface area contributed by atoms with Gasteiger partial charge < -0.3 is 5.32 Å². The van der Waals surface area contributed by atoms with E-state index in [1.807, 2.05) is 18.2 Å². The molecule has 1 N–H and O–H groups in total. The summed E-state index contributed by atoms with van der Waals surface area (Å²) >= 11 is 0. The minimum atomic E-state index is -0.185. The molecule has 94 valence electrons. The van der Waals surface area contributed by atoms with Gasteiger partial charge in [-0.25, -0.2) is 4.39 Å². The van der Waals surface area contributed by atoms with Crippen LogP contribution in [0.4, 0.5) is 4.39 Å². The Balaban J connectivity index is 1.81. The predicted molar refractivity (Wildman–Crippen MR) is 73.0 cm³/mol. The lowest BCUT2D eigenvalue weighted by molar-refractivity contribution is 0.573.